The van der Waals surface area contributed by atoms with E-state index in [0.29, 0.717) is 23.7 Å². The third-order valence-electron chi connectivity index (χ3n) is 6.00. The van der Waals surface area contributed by atoms with Crippen molar-refractivity contribution in [1.29, 1.82) is 0 Å². The average molecular weight is 452 g/mol. The molecule has 7 nitrogen and oxygen atoms in total. The number of piperazine rings is 1. The summed E-state index contributed by atoms with van der Waals surface area (Å²) >= 11 is 5.89. The van der Waals surface area contributed by atoms with Crippen LogP contribution in [0.15, 0.2) is 52.2 Å². The Hall–Kier alpha value is -1.87. The van der Waals surface area contributed by atoms with Crippen LogP contribution in [0.25, 0.3) is 0 Å². The average Bonchev–Trinajstić information content (AvgIpc) is 3.29. The maximum atomic E-state index is 12.9. The van der Waals surface area contributed by atoms with Crippen molar-refractivity contribution in [2.45, 2.75) is 42.7 Å². The van der Waals surface area contributed by atoms with Crippen LogP contribution in [0.5, 0.6) is 0 Å². The van der Waals surface area contributed by atoms with Gasteiger partial charge in [0.25, 0.3) is 5.91 Å². The Morgan fingerprint density at radius 3 is 2.40 bits per heavy atom. The lowest BCUT2D eigenvalue weighted by atomic mass is 9.89. The van der Waals surface area contributed by atoms with Gasteiger partial charge >= 0.3 is 0 Å². The van der Waals surface area contributed by atoms with Crippen LogP contribution in [-0.2, 0) is 10.0 Å². The lowest BCUT2D eigenvalue weighted by Gasteiger charge is -2.44. The van der Waals surface area contributed by atoms with E-state index in [1.54, 1.807) is 18.2 Å². The molecule has 1 saturated heterocycles. The van der Waals surface area contributed by atoms with E-state index in [9.17, 15) is 13.2 Å². The Labute approximate surface area is 182 Å². The summed E-state index contributed by atoms with van der Waals surface area (Å²) in [5.74, 6) is -0.0213. The van der Waals surface area contributed by atoms with E-state index in [1.165, 1.54) is 24.7 Å². The number of carbonyl (C=O) groups excluding carboxylic acids is 1. The largest absolute Gasteiger partial charge is 0.472 e. The summed E-state index contributed by atoms with van der Waals surface area (Å²) in [6.45, 7) is 2.70. The molecule has 9 heteroatoms. The molecule has 1 aromatic heterocycles. The summed E-state index contributed by atoms with van der Waals surface area (Å²) in [4.78, 5) is 16.9. The van der Waals surface area contributed by atoms with Crippen LogP contribution in [0.4, 0.5) is 0 Å². The van der Waals surface area contributed by atoms with Crippen molar-refractivity contribution in [1.82, 2.24) is 14.5 Å². The van der Waals surface area contributed by atoms with Gasteiger partial charge in [-0.2, -0.15) is 0 Å². The van der Waals surface area contributed by atoms with E-state index in [2.05, 4.69) is 9.62 Å². The molecular formula is C21H26ClN3O4S. The van der Waals surface area contributed by atoms with E-state index in [4.69, 9.17) is 16.0 Å². The van der Waals surface area contributed by atoms with E-state index in [1.807, 2.05) is 4.90 Å². The molecule has 30 heavy (non-hydrogen) atoms. The van der Waals surface area contributed by atoms with Gasteiger partial charge in [-0.25, -0.2) is 13.1 Å². The molecule has 1 saturated carbocycles. The standard InChI is InChI=1S/C21H26ClN3O4S/c22-17-5-7-18(8-6-17)30(27,28)23-19-3-1-2-4-20(19)24-10-12-25(13-11-24)21(26)16-9-14-29-15-16/h5-9,14-15,19-20,23H,1-4,10-13H2/t19-,20+/m0/s1. The summed E-state index contributed by atoms with van der Waals surface area (Å²) in [5, 5.41) is 0.507. The highest BCUT2D eigenvalue weighted by atomic mass is 35.5. The summed E-state index contributed by atoms with van der Waals surface area (Å²) in [5.41, 5.74) is 0.565. The van der Waals surface area contributed by atoms with Gasteiger partial charge in [0.2, 0.25) is 10.0 Å². The Balaban J connectivity index is 1.40. The number of sulfonamides is 1. The van der Waals surface area contributed by atoms with Crippen LogP contribution in [0.1, 0.15) is 36.0 Å². The Morgan fingerprint density at radius 1 is 1.03 bits per heavy atom. The zero-order valence-electron chi connectivity index (χ0n) is 16.7. The van der Waals surface area contributed by atoms with Crippen LogP contribution >= 0.6 is 11.6 Å². The molecule has 1 aliphatic carbocycles. The topological polar surface area (TPSA) is 82.9 Å². The molecule has 2 aliphatic rings. The number of amides is 1. The first-order valence-electron chi connectivity index (χ1n) is 10.3. The van der Waals surface area contributed by atoms with Gasteiger partial charge < -0.3 is 9.32 Å². The second-order valence-corrected chi connectivity index (χ2v) is 10.0. The van der Waals surface area contributed by atoms with Gasteiger partial charge in [0, 0.05) is 43.3 Å². The Kier molecular flexibility index (Phi) is 6.48. The Morgan fingerprint density at radius 2 is 1.73 bits per heavy atom. The molecular weight excluding hydrogens is 426 g/mol. The molecule has 1 aromatic carbocycles. The number of hydrogen-bond acceptors (Lipinski definition) is 5. The fourth-order valence-electron chi connectivity index (χ4n) is 4.39. The number of rotatable bonds is 5. The predicted octanol–water partition coefficient (Wildman–Crippen LogP) is 2.98. The second-order valence-electron chi connectivity index (χ2n) is 7.87. The molecule has 2 heterocycles. The first kappa shape index (κ1) is 21.4. The van der Waals surface area contributed by atoms with Gasteiger partial charge in [0.1, 0.15) is 6.26 Å². The molecule has 2 atom stereocenters. The third-order valence-corrected chi connectivity index (χ3v) is 7.76. The van der Waals surface area contributed by atoms with Crippen molar-refractivity contribution in [2.75, 3.05) is 26.2 Å². The quantitative estimate of drug-likeness (QED) is 0.755. The fraction of sp³-hybridized carbons (Fsp3) is 0.476. The molecule has 0 bridgehead atoms. The highest BCUT2D eigenvalue weighted by Crippen LogP contribution is 2.26. The fourth-order valence-corrected chi connectivity index (χ4v) is 5.82. The van der Waals surface area contributed by atoms with Gasteiger partial charge in [-0.15, -0.1) is 0 Å². The zero-order valence-corrected chi connectivity index (χ0v) is 18.2. The maximum absolute atomic E-state index is 12.9. The first-order chi connectivity index (χ1) is 14.4. The molecule has 1 aliphatic heterocycles. The van der Waals surface area contributed by atoms with Crippen molar-refractivity contribution in [3.63, 3.8) is 0 Å². The zero-order chi connectivity index (χ0) is 21.1. The number of nitrogens with one attached hydrogen (secondary N) is 1. The van der Waals surface area contributed by atoms with E-state index in [-0.39, 0.29) is 22.9 Å². The minimum absolute atomic E-state index is 0.0213. The van der Waals surface area contributed by atoms with E-state index in [0.717, 1.165) is 38.8 Å². The summed E-state index contributed by atoms with van der Waals surface area (Å²) in [6.07, 6.45) is 6.82. The van der Waals surface area contributed by atoms with E-state index < -0.39 is 10.0 Å². The lowest BCUT2D eigenvalue weighted by molar-refractivity contribution is 0.0478. The van der Waals surface area contributed by atoms with Gasteiger partial charge in [0.05, 0.1) is 16.7 Å². The highest BCUT2D eigenvalue weighted by Gasteiger charge is 2.35. The van der Waals surface area contributed by atoms with Crippen molar-refractivity contribution in [2.24, 2.45) is 0 Å². The molecule has 2 fully saturated rings. The Bertz CT molecular complexity index is 955. The number of hydrogen-bond donors (Lipinski definition) is 1. The number of nitrogens with zero attached hydrogens (tertiary/aromatic N) is 2. The van der Waals surface area contributed by atoms with Gasteiger partial charge in [-0.3, -0.25) is 9.69 Å². The summed E-state index contributed by atoms with van der Waals surface area (Å²) < 4.78 is 33.7. The van der Waals surface area contributed by atoms with E-state index >= 15 is 0 Å². The van der Waals surface area contributed by atoms with Gasteiger partial charge in [-0.05, 0) is 43.2 Å². The molecule has 2 aromatic rings. The van der Waals surface area contributed by atoms with Crippen LogP contribution < -0.4 is 4.72 Å². The van der Waals surface area contributed by atoms with Crippen LogP contribution in [0, 0.1) is 0 Å². The molecule has 4 rings (SSSR count). The monoisotopic (exact) mass is 451 g/mol. The molecule has 1 N–H and O–H groups in total. The SMILES string of the molecule is O=C(c1ccoc1)N1CCN([C@@H]2CCCC[C@@H]2NS(=O)(=O)c2ccc(Cl)cc2)CC1. The van der Waals surface area contributed by atoms with Crippen molar-refractivity contribution < 1.29 is 17.6 Å². The summed E-state index contributed by atoms with van der Waals surface area (Å²) in [6, 6.07) is 7.90. The smallest absolute Gasteiger partial charge is 0.257 e. The number of benzene rings is 1. The highest BCUT2D eigenvalue weighted by molar-refractivity contribution is 7.89. The van der Waals surface area contributed by atoms with Crippen molar-refractivity contribution in [3.8, 4) is 0 Å². The van der Waals surface area contributed by atoms with Crippen LogP contribution in [0.2, 0.25) is 5.02 Å². The maximum Gasteiger partial charge on any atom is 0.257 e. The minimum Gasteiger partial charge on any atom is -0.472 e. The second kappa shape index (κ2) is 9.09. The third kappa shape index (κ3) is 4.72. The molecule has 0 spiro atoms. The lowest BCUT2D eigenvalue weighted by Crippen LogP contribution is -2.58. The normalized spacial score (nSPS) is 23.4. The van der Waals surface area contributed by atoms with Gasteiger partial charge in [0.15, 0.2) is 0 Å². The van der Waals surface area contributed by atoms with Gasteiger partial charge in [-0.1, -0.05) is 24.4 Å². The number of halogens is 1. The number of carbonyl (C=O) groups is 1. The molecule has 0 radical (unpaired) electrons. The first-order valence-corrected chi connectivity index (χ1v) is 12.1. The van der Waals surface area contributed by atoms with Crippen molar-refractivity contribution in [3.05, 3.63) is 53.4 Å². The molecule has 1 amide bonds. The number of furan rings is 1. The predicted molar refractivity (Wildman–Crippen MR) is 114 cm³/mol. The minimum atomic E-state index is -3.61. The summed E-state index contributed by atoms with van der Waals surface area (Å²) in [7, 11) is -3.61. The molecule has 162 valence electrons. The molecule has 0 unspecified atom stereocenters. The van der Waals surface area contributed by atoms with Crippen molar-refractivity contribution >= 4 is 27.5 Å². The van der Waals surface area contributed by atoms with Crippen LogP contribution in [-0.4, -0.2) is 62.4 Å². The van der Waals surface area contributed by atoms with Crippen LogP contribution in [0.3, 0.4) is 0 Å².